The van der Waals surface area contributed by atoms with Crippen LogP contribution in [0.2, 0.25) is 0 Å². The number of anilines is 4. The second-order valence-corrected chi connectivity index (χ2v) is 10.6. The van der Waals surface area contributed by atoms with E-state index in [4.69, 9.17) is 11.1 Å². The number of nitrogens with two attached hydrogens (primary N) is 1. The molecule has 1 amide bonds. The number of nitrogens with one attached hydrogen (secondary N) is 2. The molecule has 0 radical (unpaired) electrons. The molecule has 4 N–H and O–H groups in total. The number of nitrogen functional groups attached to an aromatic ring is 1. The van der Waals surface area contributed by atoms with Crippen LogP contribution in [0.25, 0.3) is 10.2 Å². The van der Waals surface area contributed by atoms with Crippen molar-refractivity contribution in [2.45, 2.75) is 51.1 Å². The molecule has 204 valence electrons. The summed E-state index contributed by atoms with van der Waals surface area (Å²) in [6.45, 7) is 1.79. The maximum Gasteiger partial charge on any atom is 0.390 e. The topological polar surface area (TPSA) is 111 Å². The highest BCUT2D eigenvalue weighted by Gasteiger charge is 2.27. The van der Waals surface area contributed by atoms with E-state index in [9.17, 15) is 18.0 Å². The molecule has 38 heavy (non-hydrogen) atoms. The number of amides is 1. The zero-order valence-corrected chi connectivity index (χ0v) is 22.1. The van der Waals surface area contributed by atoms with Crippen molar-refractivity contribution in [2.75, 3.05) is 42.6 Å². The Morgan fingerprint density at radius 2 is 1.92 bits per heavy atom. The highest BCUT2D eigenvalue weighted by atomic mass is 32.1. The molecule has 1 aliphatic carbocycles. The number of benzene rings is 1. The number of carbonyl (C=O) groups is 1. The van der Waals surface area contributed by atoms with E-state index in [-0.39, 0.29) is 6.54 Å². The quantitative estimate of drug-likeness (QED) is 0.204. The molecular formula is C26H32F3N7OS. The van der Waals surface area contributed by atoms with Gasteiger partial charge in [0.25, 0.3) is 0 Å². The van der Waals surface area contributed by atoms with Crippen LogP contribution in [0.5, 0.6) is 0 Å². The van der Waals surface area contributed by atoms with E-state index in [1.165, 1.54) is 54.8 Å². The van der Waals surface area contributed by atoms with Gasteiger partial charge in [0, 0.05) is 49.0 Å². The molecule has 2 aromatic heterocycles. The maximum atomic E-state index is 11.4. The van der Waals surface area contributed by atoms with Crippen LogP contribution in [0.15, 0.2) is 18.5 Å². The predicted octanol–water partition coefficient (Wildman–Crippen LogP) is 5.52. The lowest BCUT2D eigenvalue weighted by atomic mass is 9.97. The maximum absolute atomic E-state index is 11.4. The van der Waals surface area contributed by atoms with Crippen LogP contribution in [0.4, 0.5) is 36.1 Å². The molecule has 0 bridgehead atoms. The van der Waals surface area contributed by atoms with Crippen molar-refractivity contribution >= 4 is 57.1 Å². The number of alkyl halides is 3. The molecule has 1 saturated heterocycles. The first-order valence-corrected chi connectivity index (χ1v) is 13.5. The number of nitrogens with zero attached hydrogens (tertiary/aromatic N) is 4. The van der Waals surface area contributed by atoms with E-state index in [2.05, 4.69) is 20.2 Å². The second kappa shape index (κ2) is 12.0. The monoisotopic (exact) mass is 547 g/mol. The Morgan fingerprint density at radius 3 is 2.61 bits per heavy atom. The average molecular weight is 548 g/mol. The van der Waals surface area contributed by atoms with Gasteiger partial charge in [-0.25, -0.2) is 9.97 Å². The summed E-state index contributed by atoms with van der Waals surface area (Å²) in [6, 6.07) is 3.97. The number of aromatic nitrogens is 2. The van der Waals surface area contributed by atoms with E-state index in [1.807, 2.05) is 12.1 Å². The van der Waals surface area contributed by atoms with Gasteiger partial charge in [-0.3, -0.25) is 4.79 Å². The third kappa shape index (κ3) is 6.53. The summed E-state index contributed by atoms with van der Waals surface area (Å²) >= 11 is 1.81. The Morgan fingerprint density at radius 1 is 1.18 bits per heavy atom. The number of hydrogen-bond acceptors (Lipinski definition) is 8. The zero-order chi connectivity index (χ0) is 27.3. The summed E-state index contributed by atoms with van der Waals surface area (Å²) < 4.78 is 34.2. The summed E-state index contributed by atoms with van der Waals surface area (Å²) in [4.78, 5) is 24.8. The Labute approximate surface area is 223 Å². The average Bonchev–Trinajstić information content (AvgIpc) is 3.56. The molecule has 12 heteroatoms. The van der Waals surface area contributed by atoms with E-state index >= 15 is 0 Å². The van der Waals surface area contributed by atoms with Gasteiger partial charge in [0.1, 0.15) is 17.0 Å². The molecule has 3 heterocycles. The van der Waals surface area contributed by atoms with Crippen molar-refractivity contribution in [1.82, 2.24) is 14.9 Å². The standard InChI is InChI=1S/C21H24N6S.C5H8F3NO/c22-11-13-9-16(17(10-15(13)23)27-7-3-4-8-27)26-20-19-14-5-1-2-6-18(14)28-21(19)25-12-24-20;1-9(4-10)3-2-5(6,7)8/h9-12,22H,1-8,23H2,(H,24,25,26);4H,2-3H2,1H3. The van der Waals surface area contributed by atoms with Crippen LogP contribution in [0.3, 0.4) is 0 Å². The third-order valence-corrected chi connectivity index (χ3v) is 7.94. The lowest BCUT2D eigenvalue weighted by molar-refractivity contribution is -0.139. The fourth-order valence-electron chi connectivity index (χ4n) is 4.73. The summed E-state index contributed by atoms with van der Waals surface area (Å²) in [5.74, 6) is 0.866. The van der Waals surface area contributed by atoms with Crippen molar-refractivity contribution < 1.29 is 18.0 Å². The van der Waals surface area contributed by atoms with Gasteiger partial charge in [-0.2, -0.15) is 13.2 Å². The molecule has 3 aromatic rings. The minimum absolute atomic E-state index is 0.271. The van der Waals surface area contributed by atoms with Gasteiger partial charge >= 0.3 is 6.18 Å². The second-order valence-electron chi connectivity index (χ2n) is 9.53. The Bertz CT molecular complexity index is 1290. The summed E-state index contributed by atoms with van der Waals surface area (Å²) in [5.41, 5.74) is 11.0. The number of carbonyl (C=O) groups excluding carboxylic acids is 1. The molecular weight excluding hydrogens is 515 g/mol. The van der Waals surface area contributed by atoms with Crippen LogP contribution in [-0.4, -0.2) is 60.4 Å². The van der Waals surface area contributed by atoms with Crippen molar-refractivity contribution in [3.8, 4) is 0 Å². The molecule has 5 rings (SSSR count). The summed E-state index contributed by atoms with van der Waals surface area (Å²) in [5, 5.41) is 12.5. The van der Waals surface area contributed by atoms with Crippen LogP contribution in [-0.2, 0) is 17.6 Å². The summed E-state index contributed by atoms with van der Waals surface area (Å²) in [6.07, 6.45) is 5.35. The van der Waals surface area contributed by atoms with Crippen LogP contribution >= 0.6 is 11.3 Å². The van der Waals surface area contributed by atoms with Crippen LogP contribution in [0.1, 0.15) is 48.1 Å². The number of fused-ring (bicyclic) bond motifs is 3. The number of rotatable bonds is 7. The van der Waals surface area contributed by atoms with Crippen molar-refractivity contribution in [3.05, 3.63) is 34.5 Å². The van der Waals surface area contributed by atoms with Crippen molar-refractivity contribution in [3.63, 3.8) is 0 Å². The van der Waals surface area contributed by atoms with Crippen molar-refractivity contribution in [2.24, 2.45) is 0 Å². The SMILES string of the molecule is CN(C=O)CCC(F)(F)F.N=Cc1cc(Nc2ncnc3sc4c(c23)CCCC4)c(N2CCCC2)cc1N. The Hall–Kier alpha value is -3.41. The third-order valence-electron chi connectivity index (χ3n) is 6.74. The lowest BCUT2D eigenvalue weighted by Crippen LogP contribution is -2.22. The van der Waals surface area contributed by atoms with Gasteiger partial charge in [0.15, 0.2) is 0 Å². The molecule has 1 fully saturated rings. The fourth-order valence-corrected chi connectivity index (χ4v) is 5.96. The van der Waals surface area contributed by atoms with Gasteiger partial charge in [-0.15, -0.1) is 11.3 Å². The summed E-state index contributed by atoms with van der Waals surface area (Å²) in [7, 11) is 1.30. The van der Waals surface area contributed by atoms with E-state index in [0.717, 1.165) is 58.4 Å². The molecule has 0 atom stereocenters. The molecule has 0 spiro atoms. The molecule has 8 nitrogen and oxygen atoms in total. The highest BCUT2D eigenvalue weighted by molar-refractivity contribution is 7.19. The van der Waals surface area contributed by atoms with Gasteiger partial charge in [0.2, 0.25) is 6.41 Å². The Kier molecular flexibility index (Phi) is 8.70. The Balaban J connectivity index is 0.000000289. The van der Waals surface area contributed by atoms with Gasteiger partial charge < -0.3 is 26.3 Å². The smallest absolute Gasteiger partial charge is 0.390 e. The molecule has 1 aliphatic heterocycles. The number of thiophene rings is 1. The molecule has 2 aliphatic rings. The first-order valence-electron chi connectivity index (χ1n) is 12.6. The number of halogens is 3. The number of hydrogen-bond donors (Lipinski definition) is 3. The molecule has 0 unspecified atom stereocenters. The first kappa shape index (κ1) is 27.6. The van der Waals surface area contributed by atoms with Gasteiger partial charge in [0.05, 0.1) is 23.2 Å². The fraction of sp³-hybridized carbons (Fsp3) is 0.462. The van der Waals surface area contributed by atoms with E-state index in [0.29, 0.717) is 12.1 Å². The predicted molar refractivity (Wildman–Crippen MR) is 147 cm³/mol. The van der Waals surface area contributed by atoms with Crippen LogP contribution in [0, 0.1) is 5.41 Å². The largest absolute Gasteiger partial charge is 0.398 e. The van der Waals surface area contributed by atoms with E-state index < -0.39 is 12.6 Å². The minimum atomic E-state index is -4.17. The molecule has 0 saturated carbocycles. The first-order chi connectivity index (χ1) is 18.2. The zero-order valence-electron chi connectivity index (χ0n) is 21.3. The van der Waals surface area contributed by atoms with Gasteiger partial charge in [-0.1, -0.05) is 0 Å². The number of aryl methyl sites for hydroxylation is 2. The minimum Gasteiger partial charge on any atom is -0.398 e. The lowest BCUT2D eigenvalue weighted by Gasteiger charge is -2.23. The normalized spacial score (nSPS) is 15.0. The van der Waals surface area contributed by atoms with Gasteiger partial charge in [-0.05, 0) is 56.2 Å². The van der Waals surface area contributed by atoms with E-state index in [1.54, 1.807) is 17.7 Å². The van der Waals surface area contributed by atoms with Crippen molar-refractivity contribution in [1.29, 1.82) is 5.41 Å². The molecule has 1 aromatic carbocycles. The van der Waals surface area contributed by atoms with Crippen LogP contribution < -0.4 is 16.0 Å². The highest BCUT2D eigenvalue weighted by Crippen LogP contribution is 2.41.